The molecule has 1 aliphatic heterocycles. The largest absolute Gasteiger partial charge is 0.552 e. The van der Waals surface area contributed by atoms with Gasteiger partial charge in [-0.15, -0.1) is 0 Å². The second-order valence-corrected chi connectivity index (χ2v) is 9.23. The summed E-state index contributed by atoms with van der Waals surface area (Å²) in [6.07, 6.45) is 7.43. The van der Waals surface area contributed by atoms with Gasteiger partial charge in [0.15, 0.2) is 0 Å². The van der Waals surface area contributed by atoms with Crippen LogP contribution in [0.25, 0.3) is 16.6 Å². The van der Waals surface area contributed by atoms with Crippen molar-refractivity contribution in [2.45, 2.75) is 45.1 Å². The average molecular weight is 389 g/mol. The summed E-state index contributed by atoms with van der Waals surface area (Å²) in [6, 6.07) is 1.97. The highest BCUT2D eigenvalue weighted by molar-refractivity contribution is 7.89. The van der Waals surface area contributed by atoms with Gasteiger partial charge in [-0.05, 0) is 55.6 Å². The van der Waals surface area contributed by atoms with Crippen molar-refractivity contribution in [1.29, 1.82) is 0 Å². The van der Waals surface area contributed by atoms with Gasteiger partial charge in [-0.3, -0.25) is 0 Å². The number of sulfonamides is 1. The number of nitrogens with zero attached hydrogens (tertiary/aromatic N) is 1. The summed E-state index contributed by atoms with van der Waals surface area (Å²) in [7, 11) is -4.17. The van der Waals surface area contributed by atoms with Gasteiger partial charge in [0.1, 0.15) is 11.4 Å². The van der Waals surface area contributed by atoms with Gasteiger partial charge in [0.05, 0.1) is 11.9 Å². The molecular formula is C18H24BN3O4S. The highest BCUT2D eigenvalue weighted by atomic mass is 32.2. The first-order valence-electron chi connectivity index (χ1n) is 9.49. The van der Waals surface area contributed by atoms with Crippen molar-refractivity contribution in [3.63, 3.8) is 0 Å². The molecule has 0 aromatic carbocycles. The van der Waals surface area contributed by atoms with E-state index in [2.05, 4.69) is 14.7 Å². The summed E-state index contributed by atoms with van der Waals surface area (Å²) in [5.74, 6) is 2.81. The molecule has 0 amide bonds. The van der Waals surface area contributed by atoms with Crippen molar-refractivity contribution in [2.24, 2.45) is 5.92 Å². The molecule has 9 heteroatoms. The topological polar surface area (TPSA) is 104 Å². The van der Waals surface area contributed by atoms with E-state index >= 15 is 0 Å². The van der Waals surface area contributed by atoms with Gasteiger partial charge >= 0.3 is 7.12 Å². The first kappa shape index (κ1) is 18.5. The van der Waals surface area contributed by atoms with Gasteiger partial charge in [0.2, 0.25) is 10.0 Å². The van der Waals surface area contributed by atoms with Crippen molar-refractivity contribution in [3.8, 4) is 5.75 Å². The normalized spacial score (nSPS) is 23.0. The Morgan fingerprint density at radius 3 is 2.89 bits per heavy atom. The number of nitrogens with one attached hydrogen (secondary N) is 2. The Morgan fingerprint density at radius 2 is 2.15 bits per heavy atom. The fourth-order valence-electron chi connectivity index (χ4n) is 4.22. The molecule has 2 aliphatic rings. The van der Waals surface area contributed by atoms with Crippen molar-refractivity contribution < 1.29 is 18.1 Å². The van der Waals surface area contributed by atoms with Crippen LogP contribution in [0.3, 0.4) is 0 Å². The maximum atomic E-state index is 12.0. The van der Waals surface area contributed by atoms with Crippen LogP contribution in [-0.2, 0) is 10.0 Å². The highest BCUT2D eigenvalue weighted by Crippen LogP contribution is 2.43. The summed E-state index contributed by atoms with van der Waals surface area (Å²) < 4.78 is 32.4. The van der Waals surface area contributed by atoms with Crippen LogP contribution in [0.5, 0.6) is 5.75 Å². The van der Waals surface area contributed by atoms with Gasteiger partial charge in [-0.25, -0.2) is 18.1 Å². The summed E-state index contributed by atoms with van der Waals surface area (Å²) in [4.78, 5) is 7.46. The predicted molar refractivity (Wildman–Crippen MR) is 106 cm³/mol. The molecule has 27 heavy (non-hydrogen) atoms. The Morgan fingerprint density at radius 1 is 1.37 bits per heavy atom. The van der Waals surface area contributed by atoms with Crippen LogP contribution in [0.1, 0.15) is 44.6 Å². The SMILES string of the molecule is CCCS(=O)(=O)N[C@H]1CC[C@H](C2=CB(O)Oc3cnc4[nH]ccc4c32)CC1. The van der Waals surface area contributed by atoms with Gasteiger partial charge in [0.25, 0.3) is 0 Å². The van der Waals surface area contributed by atoms with Gasteiger partial charge < -0.3 is 14.7 Å². The Labute approximate surface area is 159 Å². The summed E-state index contributed by atoms with van der Waals surface area (Å²) in [5.41, 5.74) is 2.85. The van der Waals surface area contributed by atoms with Crippen molar-refractivity contribution in [1.82, 2.24) is 14.7 Å². The molecule has 0 unspecified atom stereocenters. The van der Waals surface area contributed by atoms with E-state index in [-0.39, 0.29) is 17.7 Å². The van der Waals surface area contributed by atoms with Gasteiger partial charge in [-0.1, -0.05) is 6.92 Å². The molecule has 2 aromatic heterocycles. The van der Waals surface area contributed by atoms with Crippen LogP contribution in [0, 0.1) is 5.92 Å². The van der Waals surface area contributed by atoms with E-state index in [0.717, 1.165) is 47.9 Å². The minimum Gasteiger partial charge on any atom is -0.531 e. The molecule has 2 aromatic rings. The molecule has 0 atom stereocenters. The Hall–Kier alpha value is -1.84. The molecule has 0 saturated heterocycles. The quantitative estimate of drug-likeness (QED) is 0.681. The van der Waals surface area contributed by atoms with Crippen LogP contribution < -0.4 is 9.38 Å². The van der Waals surface area contributed by atoms with Crippen molar-refractivity contribution in [2.75, 3.05) is 5.75 Å². The summed E-state index contributed by atoms with van der Waals surface area (Å²) in [5, 5.41) is 11.1. The number of allylic oxidation sites excluding steroid dienone is 1. The van der Waals surface area contributed by atoms with Crippen LogP contribution in [-0.4, -0.2) is 42.3 Å². The van der Waals surface area contributed by atoms with Gasteiger partial charge in [0, 0.05) is 23.2 Å². The molecule has 0 spiro atoms. The first-order chi connectivity index (χ1) is 13.0. The molecule has 3 N–H and O–H groups in total. The fraction of sp³-hybridized carbons (Fsp3) is 0.500. The minimum atomic E-state index is -3.19. The maximum Gasteiger partial charge on any atom is 0.552 e. The summed E-state index contributed by atoms with van der Waals surface area (Å²) >= 11 is 0. The number of rotatable bonds is 5. The number of hydrogen-bond donors (Lipinski definition) is 3. The standard InChI is InChI=1S/C18H24BN3O4S/c1-2-9-27(24,25)22-13-5-3-12(4-6-13)15-10-19(23)26-16-11-21-18-14(17(15)16)7-8-20-18/h7-8,10-13,22-23H,2-6,9H2,1H3,(H,20,21)/t12-,13-. The third kappa shape index (κ3) is 3.76. The van der Waals surface area contributed by atoms with E-state index in [4.69, 9.17) is 4.65 Å². The number of H-pyrrole nitrogens is 1. The smallest absolute Gasteiger partial charge is 0.531 e. The summed E-state index contributed by atoms with van der Waals surface area (Å²) in [6.45, 7) is 1.87. The second-order valence-electron chi connectivity index (χ2n) is 7.35. The average Bonchev–Trinajstić information content (AvgIpc) is 3.10. The van der Waals surface area contributed by atoms with Crippen LogP contribution >= 0.6 is 0 Å². The molecule has 3 heterocycles. The second kappa shape index (κ2) is 7.29. The molecular weight excluding hydrogens is 365 g/mol. The number of pyridine rings is 1. The zero-order valence-electron chi connectivity index (χ0n) is 15.3. The zero-order valence-corrected chi connectivity index (χ0v) is 16.1. The number of aromatic nitrogens is 2. The Balaban J connectivity index is 1.54. The third-order valence-electron chi connectivity index (χ3n) is 5.40. The molecule has 1 saturated carbocycles. The molecule has 0 radical (unpaired) electrons. The van der Waals surface area contributed by atoms with Crippen LogP contribution in [0.2, 0.25) is 0 Å². The Kier molecular flexibility index (Phi) is 5.00. The molecule has 7 nitrogen and oxygen atoms in total. The van der Waals surface area contributed by atoms with Gasteiger partial charge in [-0.2, -0.15) is 0 Å². The lowest BCUT2D eigenvalue weighted by Gasteiger charge is -2.33. The van der Waals surface area contributed by atoms with Crippen molar-refractivity contribution >= 4 is 33.7 Å². The van der Waals surface area contributed by atoms with E-state index < -0.39 is 17.1 Å². The monoisotopic (exact) mass is 389 g/mol. The molecule has 1 fully saturated rings. The fourth-order valence-corrected chi connectivity index (χ4v) is 5.62. The first-order valence-corrected chi connectivity index (χ1v) is 11.1. The van der Waals surface area contributed by atoms with E-state index in [1.807, 2.05) is 19.2 Å². The van der Waals surface area contributed by atoms with Crippen LogP contribution in [0.15, 0.2) is 24.4 Å². The van der Waals surface area contributed by atoms with E-state index in [1.165, 1.54) is 0 Å². The van der Waals surface area contributed by atoms with Crippen molar-refractivity contribution in [3.05, 3.63) is 30.0 Å². The number of hydrogen-bond acceptors (Lipinski definition) is 5. The van der Waals surface area contributed by atoms with E-state index in [0.29, 0.717) is 12.2 Å². The molecule has 144 valence electrons. The zero-order chi connectivity index (χ0) is 19.0. The highest BCUT2D eigenvalue weighted by Gasteiger charge is 2.33. The lowest BCUT2D eigenvalue weighted by molar-refractivity contribution is 0.360. The number of fused-ring (bicyclic) bond motifs is 3. The van der Waals surface area contributed by atoms with E-state index in [1.54, 1.807) is 12.2 Å². The third-order valence-corrected chi connectivity index (χ3v) is 7.03. The predicted octanol–water partition coefficient (Wildman–Crippen LogP) is 2.25. The Bertz CT molecular complexity index is 964. The molecule has 4 rings (SSSR count). The maximum absolute atomic E-state index is 12.0. The minimum absolute atomic E-state index is 0.00708. The number of aromatic amines is 1. The lowest BCUT2D eigenvalue weighted by Crippen LogP contribution is -2.39. The molecule has 1 aliphatic carbocycles. The van der Waals surface area contributed by atoms with E-state index in [9.17, 15) is 13.4 Å². The lowest BCUT2D eigenvalue weighted by atomic mass is 9.72. The van der Waals surface area contributed by atoms with Crippen LogP contribution in [0.4, 0.5) is 0 Å². The molecule has 0 bridgehead atoms.